The summed E-state index contributed by atoms with van der Waals surface area (Å²) in [6, 6.07) is 3.77. The van der Waals surface area contributed by atoms with Crippen molar-refractivity contribution in [1.82, 2.24) is 4.98 Å². The molecule has 0 bridgehead atoms. The Morgan fingerprint density at radius 3 is 3.00 bits per heavy atom. The first kappa shape index (κ1) is 7.07. The summed E-state index contributed by atoms with van der Waals surface area (Å²) in [5, 5.41) is 0.527. The van der Waals surface area contributed by atoms with Crippen molar-refractivity contribution in [2.45, 2.75) is 12.5 Å². The van der Waals surface area contributed by atoms with Crippen molar-refractivity contribution in [3.05, 3.63) is 29.0 Å². The molecule has 1 aromatic rings. The molecule has 1 aliphatic rings. The number of aromatic nitrogens is 1. The molecule has 1 atom stereocenters. The number of rotatable bonds is 1. The van der Waals surface area contributed by atoms with Gasteiger partial charge in [-0.25, -0.2) is 4.98 Å². The van der Waals surface area contributed by atoms with Gasteiger partial charge in [0.15, 0.2) is 0 Å². The zero-order valence-electron chi connectivity index (χ0n) is 6.17. The molecule has 2 rings (SSSR count). The van der Waals surface area contributed by atoms with Crippen LogP contribution in [0.5, 0.6) is 0 Å². The Bertz CT molecular complexity index is 283. The van der Waals surface area contributed by atoms with E-state index in [2.05, 4.69) is 4.98 Å². The molecule has 0 aliphatic carbocycles. The van der Waals surface area contributed by atoms with Crippen LogP contribution in [0.4, 0.5) is 0 Å². The minimum Gasteiger partial charge on any atom is -0.365 e. The molecule has 11 heavy (non-hydrogen) atoms. The number of epoxide rings is 1. The highest BCUT2D eigenvalue weighted by Gasteiger charge is 2.41. The van der Waals surface area contributed by atoms with Crippen LogP contribution in [-0.4, -0.2) is 11.6 Å². The standard InChI is InChI=1S/C8H8ClNO/c1-8(5-11-8)6-2-3-10-7(9)4-6/h2-4H,5H2,1H3. The molecule has 1 saturated heterocycles. The van der Waals surface area contributed by atoms with Crippen LogP contribution < -0.4 is 0 Å². The first-order chi connectivity index (χ1) is 5.21. The molecule has 58 valence electrons. The third-order valence-electron chi connectivity index (χ3n) is 1.91. The predicted octanol–water partition coefficient (Wildman–Crippen LogP) is 1.98. The average Bonchev–Trinajstić information content (AvgIpc) is 2.70. The first-order valence-corrected chi connectivity index (χ1v) is 3.84. The summed E-state index contributed by atoms with van der Waals surface area (Å²) in [7, 11) is 0. The van der Waals surface area contributed by atoms with E-state index >= 15 is 0 Å². The van der Waals surface area contributed by atoms with Crippen LogP contribution >= 0.6 is 11.6 Å². The smallest absolute Gasteiger partial charge is 0.129 e. The van der Waals surface area contributed by atoms with Crippen LogP contribution in [-0.2, 0) is 10.3 Å². The zero-order valence-corrected chi connectivity index (χ0v) is 6.93. The van der Waals surface area contributed by atoms with Gasteiger partial charge in [0.25, 0.3) is 0 Å². The van der Waals surface area contributed by atoms with E-state index in [1.165, 1.54) is 0 Å². The number of hydrogen-bond acceptors (Lipinski definition) is 2. The van der Waals surface area contributed by atoms with Crippen molar-refractivity contribution in [1.29, 1.82) is 0 Å². The molecule has 2 nitrogen and oxygen atoms in total. The summed E-state index contributed by atoms with van der Waals surface area (Å²) < 4.78 is 5.25. The molecular weight excluding hydrogens is 162 g/mol. The quantitative estimate of drug-likeness (QED) is 0.475. The van der Waals surface area contributed by atoms with E-state index in [9.17, 15) is 0 Å². The minimum atomic E-state index is -0.0907. The van der Waals surface area contributed by atoms with Crippen LogP contribution in [0, 0.1) is 0 Å². The minimum absolute atomic E-state index is 0.0907. The second-order valence-electron chi connectivity index (χ2n) is 2.89. The fourth-order valence-corrected chi connectivity index (χ4v) is 1.18. The zero-order chi connectivity index (χ0) is 7.90. The average molecular weight is 170 g/mol. The summed E-state index contributed by atoms with van der Waals surface area (Å²) in [5.74, 6) is 0. The summed E-state index contributed by atoms with van der Waals surface area (Å²) in [6.45, 7) is 2.83. The van der Waals surface area contributed by atoms with Crippen LogP contribution in [0.3, 0.4) is 0 Å². The van der Waals surface area contributed by atoms with Gasteiger partial charge in [-0.05, 0) is 24.6 Å². The number of pyridine rings is 1. The van der Waals surface area contributed by atoms with Gasteiger partial charge in [0.2, 0.25) is 0 Å². The van der Waals surface area contributed by atoms with E-state index in [4.69, 9.17) is 16.3 Å². The maximum Gasteiger partial charge on any atom is 0.129 e. The first-order valence-electron chi connectivity index (χ1n) is 3.47. The molecule has 2 heterocycles. The van der Waals surface area contributed by atoms with Crippen molar-refractivity contribution in [2.75, 3.05) is 6.61 Å². The summed E-state index contributed by atoms with van der Waals surface area (Å²) in [4.78, 5) is 3.89. The van der Waals surface area contributed by atoms with E-state index in [-0.39, 0.29) is 5.60 Å². The molecule has 0 amide bonds. The molecule has 3 heteroatoms. The van der Waals surface area contributed by atoms with Gasteiger partial charge in [0, 0.05) is 6.20 Å². The van der Waals surface area contributed by atoms with Gasteiger partial charge in [0.05, 0.1) is 6.61 Å². The Hall–Kier alpha value is -0.600. The number of nitrogens with zero attached hydrogens (tertiary/aromatic N) is 1. The molecule has 0 aromatic carbocycles. The van der Waals surface area contributed by atoms with Crippen molar-refractivity contribution in [3.8, 4) is 0 Å². The normalized spacial score (nSPS) is 28.5. The second kappa shape index (κ2) is 2.19. The molecular formula is C8H8ClNO. The lowest BCUT2D eigenvalue weighted by Crippen LogP contribution is -2.01. The van der Waals surface area contributed by atoms with Gasteiger partial charge < -0.3 is 4.74 Å². The highest BCUT2D eigenvalue weighted by atomic mass is 35.5. The fraction of sp³-hybridized carbons (Fsp3) is 0.375. The van der Waals surface area contributed by atoms with Gasteiger partial charge in [-0.1, -0.05) is 11.6 Å². The monoisotopic (exact) mass is 169 g/mol. The number of halogens is 1. The molecule has 1 fully saturated rings. The second-order valence-corrected chi connectivity index (χ2v) is 3.27. The highest BCUT2D eigenvalue weighted by molar-refractivity contribution is 6.29. The fourth-order valence-electron chi connectivity index (χ4n) is 1.01. The van der Waals surface area contributed by atoms with Gasteiger partial charge in [0.1, 0.15) is 10.8 Å². The van der Waals surface area contributed by atoms with Gasteiger partial charge in [-0.15, -0.1) is 0 Å². The Morgan fingerprint density at radius 2 is 2.45 bits per heavy atom. The van der Waals surface area contributed by atoms with Gasteiger partial charge in [-0.3, -0.25) is 0 Å². The topological polar surface area (TPSA) is 25.4 Å². The van der Waals surface area contributed by atoms with Crippen LogP contribution in [0.25, 0.3) is 0 Å². The van der Waals surface area contributed by atoms with Crippen molar-refractivity contribution >= 4 is 11.6 Å². The number of hydrogen-bond donors (Lipinski definition) is 0. The van der Waals surface area contributed by atoms with Crippen LogP contribution in [0.2, 0.25) is 5.15 Å². The molecule has 0 spiro atoms. The summed E-state index contributed by atoms with van der Waals surface area (Å²) in [5.41, 5.74) is 1.02. The van der Waals surface area contributed by atoms with E-state index in [0.29, 0.717) is 5.15 Å². The third kappa shape index (κ3) is 1.24. The van der Waals surface area contributed by atoms with Crippen molar-refractivity contribution in [2.24, 2.45) is 0 Å². The Morgan fingerprint density at radius 1 is 1.73 bits per heavy atom. The highest BCUT2D eigenvalue weighted by Crippen LogP contribution is 2.38. The van der Waals surface area contributed by atoms with Crippen LogP contribution in [0.15, 0.2) is 18.3 Å². The molecule has 0 N–H and O–H groups in total. The largest absolute Gasteiger partial charge is 0.365 e. The predicted molar refractivity (Wildman–Crippen MR) is 42.6 cm³/mol. The Balaban J connectivity index is 2.38. The molecule has 0 radical (unpaired) electrons. The lowest BCUT2D eigenvalue weighted by Gasteiger charge is -2.03. The summed E-state index contributed by atoms with van der Waals surface area (Å²) >= 11 is 5.71. The molecule has 1 unspecified atom stereocenters. The Kier molecular flexibility index (Phi) is 1.41. The number of ether oxygens (including phenoxy) is 1. The lowest BCUT2D eigenvalue weighted by molar-refractivity contribution is 0.329. The maximum absolute atomic E-state index is 5.71. The lowest BCUT2D eigenvalue weighted by atomic mass is 10.0. The SMILES string of the molecule is CC1(c2ccnc(Cl)c2)CO1. The van der Waals surface area contributed by atoms with E-state index in [1.807, 2.05) is 19.1 Å². The van der Waals surface area contributed by atoms with Crippen LogP contribution in [0.1, 0.15) is 12.5 Å². The van der Waals surface area contributed by atoms with E-state index < -0.39 is 0 Å². The molecule has 1 aliphatic heterocycles. The Labute approximate surface area is 70.2 Å². The third-order valence-corrected chi connectivity index (χ3v) is 2.12. The molecule has 0 saturated carbocycles. The van der Waals surface area contributed by atoms with E-state index in [1.54, 1.807) is 6.20 Å². The van der Waals surface area contributed by atoms with Gasteiger partial charge >= 0.3 is 0 Å². The summed E-state index contributed by atoms with van der Waals surface area (Å²) in [6.07, 6.45) is 1.70. The maximum atomic E-state index is 5.71. The van der Waals surface area contributed by atoms with E-state index in [0.717, 1.165) is 12.2 Å². The molecule has 1 aromatic heterocycles. The van der Waals surface area contributed by atoms with Crippen molar-refractivity contribution < 1.29 is 4.74 Å². The van der Waals surface area contributed by atoms with Gasteiger partial charge in [-0.2, -0.15) is 0 Å². The van der Waals surface area contributed by atoms with Crippen molar-refractivity contribution in [3.63, 3.8) is 0 Å².